The van der Waals surface area contributed by atoms with E-state index in [1.54, 1.807) is 20.8 Å². The number of para-hydroxylation sites is 1. The third kappa shape index (κ3) is 2.94. The van der Waals surface area contributed by atoms with E-state index < -0.39 is 23.1 Å². The molecule has 0 aliphatic heterocycles. The van der Waals surface area contributed by atoms with E-state index in [0.29, 0.717) is 0 Å². The van der Waals surface area contributed by atoms with Crippen molar-refractivity contribution in [2.24, 2.45) is 0 Å². The Morgan fingerprint density at radius 2 is 2.00 bits per heavy atom. The summed E-state index contributed by atoms with van der Waals surface area (Å²) in [7, 11) is 0. The molecule has 15 heavy (non-hydrogen) atoms. The molecule has 0 aromatic heterocycles. The van der Waals surface area contributed by atoms with Crippen molar-refractivity contribution < 1.29 is 19.0 Å². The van der Waals surface area contributed by atoms with E-state index in [4.69, 9.17) is 4.74 Å². The van der Waals surface area contributed by atoms with Gasteiger partial charge in [-0.2, -0.15) is 0 Å². The molecule has 0 radical (unpaired) electrons. The summed E-state index contributed by atoms with van der Waals surface area (Å²) in [5.41, 5.74) is -0.833. The van der Waals surface area contributed by atoms with Gasteiger partial charge >= 0.3 is 5.97 Å². The van der Waals surface area contributed by atoms with Gasteiger partial charge in [-0.3, -0.25) is 0 Å². The molecule has 0 spiro atoms. The molecule has 4 heteroatoms. The molecule has 3 nitrogen and oxygen atoms in total. The topological polar surface area (TPSA) is 46.5 Å². The van der Waals surface area contributed by atoms with Crippen molar-refractivity contribution in [3.05, 3.63) is 29.6 Å². The van der Waals surface area contributed by atoms with Crippen LogP contribution in [0.4, 0.5) is 4.39 Å². The average molecular weight is 212 g/mol. The van der Waals surface area contributed by atoms with Gasteiger partial charge in [0.1, 0.15) is 11.2 Å². The van der Waals surface area contributed by atoms with Gasteiger partial charge in [0.05, 0.1) is 0 Å². The first-order valence-electron chi connectivity index (χ1n) is 4.52. The molecule has 0 heterocycles. The zero-order chi connectivity index (χ0) is 11.6. The number of hydrogen-bond donors (Lipinski definition) is 1. The minimum absolute atomic E-state index is 0.162. The quantitative estimate of drug-likeness (QED) is 0.727. The first-order valence-corrected chi connectivity index (χ1v) is 4.52. The van der Waals surface area contributed by atoms with Crippen LogP contribution in [-0.4, -0.2) is 16.7 Å². The Labute approximate surface area is 87.5 Å². The second-order valence-electron chi connectivity index (χ2n) is 4.14. The number of carbonyl (C=O) groups is 1. The normalized spacial score (nSPS) is 11.2. The van der Waals surface area contributed by atoms with E-state index in [2.05, 4.69) is 0 Å². The predicted octanol–water partition coefficient (Wildman–Crippen LogP) is 2.49. The Hall–Kier alpha value is -1.58. The van der Waals surface area contributed by atoms with Crippen LogP contribution in [0.25, 0.3) is 0 Å². The first-order chi connectivity index (χ1) is 6.81. The number of hydrogen-bond acceptors (Lipinski definition) is 3. The Bertz CT molecular complexity index is 380. The van der Waals surface area contributed by atoms with Gasteiger partial charge in [0.15, 0.2) is 11.6 Å². The molecular weight excluding hydrogens is 199 g/mol. The summed E-state index contributed by atoms with van der Waals surface area (Å²) in [5, 5.41) is 9.29. The average Bonchev–Trinajstić information content (AvgIpc) is 2.06. The lowest BCUT2D eigenvalue weighted by Gasteiger charge is -2.19. The molecule has 0 aliphatic carbocycles. The van der Waals surface area contributed by atoms with Gasteiger partial charge in [0, 0.05) is 0 Å². The van der Waals surface area contributed by atoms with Gasteiger partial charge in [0.25, 0.3) is 0 Å². The summed E-state index contributed by atoms with van der Waals surface area (Å²) in [6, 6.07) is 3.73. The molecule has 0 amide bonds. The van der Waals surface area contributed by atoms with Crippen LogP contribution in [-0.2, 0) is 4.74 Å². The van der Waals surface area contributed by atoms with Gasteiger partial charge in [-0.25, -0.2) is 9.18 Å². The number of halogens is 1. The van der Waals surface area contributed by atoms with Crippen LogP contribution in [0.15, 0.2) is 18.2 Å². The highest BCUT2D eigenvalue weighted by molar-refractivity contribution is 5.92. The minimum Gasteiger partial charge on any atom is -0.504 e. The summed E-state index contributed by atoms with van der Waals surface area (Å²) in [4.78, 5) is 11.5. The number of rotatable bonds is 1. The number of phenols is 1. The number of benzene rings is 1. The molecule has 1 aromatic rings. The fraction of sp³-hybridized carbons (Fsp3) is 0.364. The molecule has 0 saturated heterocycles. The lowest BCUT2D eigenvalue weighted by atomic mass is 10.1. The SMILES string of the molecule is CC(C)(C)OC(=O)c1cccc(F)c1O. The summed E-state index contributed by atoms with van der Waals surface area (Å²) >= 11 is 0. The summed E-state index contributed by atoms with van der Waals surface area (Å²) < 4.78 is 17.9. The smallest absolute Gasteiger partial charge is 0.342 e. The van der Waals surface area contributed by atoms with Crippen LogP contribution in [0.2, 0.25) is 0 Å². The van der Waals surface area contributed by atoms with E-state index in [9.17, 15) is 14.3 Å². The zero-order valence-electron chi connectivity index (χ0n) is 8.87. The second kappa shape index (κ2) is 3.88. The highest BCUT2D eigenvalue weighted by Crippen LogP contribution is 2.23. The van der Waals surface area contributed by atoms with Gasteiger partial charge in [-0.15, -0.1) is 0 Å². The van der Waals surface area contributed by atoms with Gasteiger partial charge in [-0.1, -0.05) is 6.07 Å². The molecule has 0 fully saturated rings. The fourth-order valence-corrected chi connectivity index (χ4v) is 1.01. The first kappa shape index (κ1) is 11.5. The van der Waals surface area contributed by atoms with Crippen LogP contribution in [0.1, 0.15) is 31.1 Å². The number of esters is 1. The standard InChI is InChI=1S/C11H13FO3/c1-11(2,3)15-10(14)7-5-4-6-8(12)9(7)13/h4-6,13H,1-3H3. The van der Waals surface area contributed by atoms with Crippen LogP contribution < -0.4 is 0 Å². The number of phenolic OH excluding ortho intramolecular Hbond substituents is 1. The maximum Gasteiger partial charge on any atom is 0.342 e. The molecule has 1 aromatic carbocycles. The minimum atomic E-state index is -0.835. The lowest BCUT2D eigenvalue weighted by Crippen LogP contribution is -2.24. The van der Waals surface area contributed by atoms with Crippen molar-refractivity contribution in [1.82, 2.24) is 0 Å². The Morgan fingerprint density at radius 3 is 2.53 bits per heavy atom. The molecule has 0 saturated carbocycles. The van der Waals surface area contributed by atoms with Crippen molar-refractivity contribution in [2.75, 3.05) is 0 Å². The van der Waals surface area contributed by atoms with Crippen LogP contribution >= 0.6 is 0 Å². The monoisotopic (exact) mass is 212 g/mol. The van der Waals surface area contributed by atoms with E-state index in [0.717, 1.165) is 6.07 Å². The molecule has 0 unspecified atom stereocenters. The summed E-state index contributed by atoms with van der Waals surface area (Å²) in [6.45, 7) is 5.09. The number of ether oxygens (including phenoxy) is 1. The zero-order valence-corrected chi connectivity index (χ0v) is 8.87. The third-order valence-electron chi connectivity index (χ3n) is 1.61. The highest BCUT2D eigenvalue weighted by Gasteiger charge is 2.21. The molecule has 1 rings (SSSR count). The molecule has 1 N–H and O–H groups in total. The predicted molar refractivity (Wildman–Crippen MR) is 53.2 cm³/mol. The summed E-state index contributed by atoms with van der Waals surface area (Å²) in [6.07, 6.45) is 0. The number of aromatic hydroxyl groups is 1. The Morgan fingerprint density at radius 1 is 1.40 bits per heavy atom. The lowest BCUT2D eigenvalue weighted by molar-refractivity contribution is 0.00660. The van der Waals surface area contributed by atoms with Crippen LogP contribution in [0.5, 0.6) is 5.75 Å². The Balaban J connectivity index is 2.97. The molecule has 0 atom stereocenters. The third-order valence-corrected chi connectivity index (χ3v) is 1.61. The second-order valence-corrected chi connectivity index (χ2v) is 4.14. The van der Waals surface area contributed by atoms with Gasteiger partial charge in [0.2, 0.25) is 0 Å². The van der Waals surface area contributed by atoms with Crippen molar-refractivity contribution in [1.29, 1.82) is 0 Å². The largest absolute Gasteiger partial charge is 0.504 e. The fourth-order valence-electron chi connectivity index (χ4n) is 1.01. The van der Waals surface area contributed by atoms with E-state index in [1.165, 1.54) is 12.1 Å². The van der Waals surface area contributed by atoms with Crippen molar-refractivity contribution in [2.45, 2.75) is 26.4 Å². The van der Waals surface area contributed by atoms with Crippen molar-refractivity contribution >= 4 is 5.97 Å². The van der Waals surface area contributed by atoms with Crippen LogP contribution in [0.3, 0.4) is 0 Å². The van der Waals surface area contributed by atoms with E-state index in [-0.39, 0.29) is 5.56 Å². The highest BCUT2D eigenvalue weighted by atomic mass is 19.1. The molecular formula is C11H13FO3. The number of carbonyl (C=O) groups excluding carboxylic acids is 1. The van der Waals surface area contributed by atoms with Gasteiger partial charge < -0.3 is 9.84 Å². The van der Waals surface area contributed by atoms with Gasteiger partial charge in [-0.05, 0) is 32.9 Å². The van der Waals surface area contributed by atoms with Crippen LogP contribution in [0, 0.1) is 5.82 Å². The van der Waals surface area contributed by atoms with E-state index in [1.807, 2.05) is 0 Å². The Kier molecular flexibility index (Phi) is 2.98. The van der Waals surface area contributed by atoms with Crippen molar-refractivity contribution in [3.8, 4) is 5.75 Å². The maximum absolute atomic E-state index is 12.9. The maximum atomic E-state index is 12.9. The molecule has 0 bridgehead atoms. The van der Waals surface area contributed by atoms with E-state index >= 15 is 0 Å². The van der Waals surface area contributed by atoms with Crippen molar-refractivity contribution in [3.63, 3.8) is 0 Å². The molecule has 82 valence electrons. The molecule has 0 aliphatic rings. The summed E-state index contributed by atoms with van der Waals surface area (Å²) in [5.74, 6) is -2.25.